The van der Waals surface area contributed by atoms with Crippen molar-refractivity contribution in [3.8, 4) is 5.75 Å². The van der Waals surface area contributed by atoms with Crippen LogP contribution in [0.2, 0.25) is 10.0 Å². The minimum atomic E-state index is -0.921. The summed E-state index contributed by atoms with van der Waals surface area (Å²) in [6, 6.07) is 5.06. The molecule has 23 heavy (non-hydrogen) atoms. The second-order valence-electron chi connectivity index (χ2n) is 5.77. The lowest BCUT2D eigenvalue weighted by Gasteiger charge is -2.27. The molecule has 1 aromatic rings. The highest BCUT2D eigenvalue weighted by atomic mass is 35.5. The lowest BCUT2D eigenvalue weighted by molar-refractivity contribution is -0.145. The third kappa shape index (κ3) is 4.52. The van der Waals surface area contributed by atoms with Gasteiger partial charge in [-0.3, -0.25) is 9.59 Å². The Balaban J connectivity index is 2.07. The van der Waals surface area contributed by atoms with E-state index in [4.69, 9.17) is 33.0 Å². The number of carboxylic acid groups (broad SMARTS) is 1. The van der Waals surface area contributed by atoms with Gasteiger partial charge in [0.05, 0.1) is 10.9 Å². The molecule has 1 aliphatic carbocycles. The number of rotatable bonds is 7. The molecule has 0 aliphatic heterocycles. The number of benzene rings is 1. The molecule has 126 valence electrons. The number of nitrogens with zero attached hydrogens (tertiary/aromatic N) is 1. The van der Waals surface area contributed by atoms with Gasteiger partial charge in [-0.2, -0.15) is 0 Å². The van der Waals surface area contributed by atoms with Gasteiger partial charge in [-0.05, 0) is 31.9 Å². The van der Waals surface area contributed by atoms with E-state index in [0.717, 1.165) is 12.8 Å². The average Bonchev–Trinajstić information content (AvgIpc) is 3.33. The van der Waals surface area contributed by atoms with E-state index in [1.165, 1.54) is 0 Å². The van der Waals surface area contributed by atoms with Crippen molar-refractivity contribution in [3.63, 3.8) is 0 Å². The summed E-state index contributed by atoms with van der Waals surface area (Å²) in [6.07, 6.45) is 1.01. The molecule has 0 radical (unpaired) electrons. The Bertz CT molecular complexity index is 604. The number of aliphatic carboxylic acids is 1. The summed E-state index contributed by atoms with van der Waals surface area (Å²) in [7, 11) is 0. The highest BCUT2D eigenvalue weighted by Crippen LogP contribution is 2.33. The molecule has 1 aromatic carbocycles. The van der Waals surface area contributed by atoms with Crippen LogP contribution in [0.5, 0.6) is 5.75 Å². The molecule has 1 N–H and O–H groups in total. The van der Waals surface area contributed by atoms with E-state index >= 15 is 0 Å². The van der Waals surface area contributed by atoms with Crippen LogP contribution in [0.1, 0.15) is 26.7 Å². The quantitative estimate of drug-likeness (QED) is 0.809. The zero-order valence-electron chi connectivity index (χ0n) is 13.0. The first-order valence-corrected chi connectivity index (χ1v) is 8.20. The van der Waals surface area contributed by atoms with Gasteiger partial charge >= 0.3 is 5.97 Å². The van der Waals surface area contributed by atoms with Gasteiger partial charge in [-0.1, -0.05) is 36.2 Å². The van der Waals surface area contributed by atoms with Crippen LogP contribution in [0, 0.1) is 5.92 Å². The number of ether oxygens (including phenoxy) is 1. The minimum Gasteiger partial charge on any atom is -0.481 e. The Morgan fingerprint density at radius 2 is 2.00 bits per heavy atom. The Labute approximate surface area is 145 Å². The van der Waals surface area contributed by atoms with E-state index in [-0.39, 0.29) is 23.5 Å². The topological polar surface area (TPSA) is 66.8 Å². The van der Waals surface area contributed by atoms with Crippen LogP contribution in [0.3, 0.4) is 0 Å². The average molecular weight is 360 g/mol. The van der Waals surface area contributed by atoms with Crippen LogP contribution in [0.4, 0.5) is 0 Å². The first-order chi connectivity index (χ1) is 10.8. The Kier molecular flexibility index (Phi) is 5.76. The van der Waals surface area contributed by atoms with Crippen LogP contribution < -0.4 is 4.74 Å². The molecular weight excluding hydrogens is 341 g/mol. The number of carbonyl (C=O) groups excluding carboxylic acids is 1. The maximum atomic E-state index is 12.6. The molecule has 0 saturated heterocycles. The standard InChI is InChI=1S/C16H19Cl2NO4/c1-9(16(21)22)8-19(11-6-7-11)15(20)10(2)23-13-5-3-4-12(17)14(13)18/h3-5,9-11H,6-8H2,1-2H3,(H,21,22). The molecule has 1 saturated carbocycles. The van der Waals surface area contributed by atoms with E-state index in [0.29, 0.717) is 10.8 Å². The summed E-state index contributed by atoms with van der Waals surface area (Å²) < 4.78 is 5.63. The van der Waals surface area contributed by atoms with Crippen molar-refractivity contribution >= 4 is 35.1 Å². The smallest absolute Gasteiger partial charge is 0.308 e. The van der Waals surface area contributed by atoms with Gasteiger partial charge in [-0.25, -0.2) is 0 Å². The summed E-state index contributed by atoms with van der Waals surface area (Å²) in [6.45, 7) is 3.39. The van der Waals surface area contributed by atoms with Crippen molar-refractivity contribution in [1.82, 2.24) is 4.90 Å². The zero-order chi connectivity index (χ0) is 17.1. The lowest BCUT2D eigenvalue weighted by atomic mass is 10.1. The largest absolute Gasteiger partial charge is 0.481 e. The van der Waals surface area contributed by atoms with Gasteiger partial charge in [0.15, 0.2) is 6.10 Å². The molecule has 1 fully saturated rings. The predicted octanol–water partition coefficient (Wildman–Crippen LogP) is 3.47. The van der Waals surface area contributed by atoms with Gasteiger partial charge in [0.1, 0.15) is 10.8 Å². The van der Waals surface area contributed by atoms with Crippen molar-refractivity contribution in [3.05, 3.63) is 28.2 Å². The normalized spacial score (nSPS) is 16.5. The number of hydrogen-bond donors (Lipinski definition) is 1. The van der Waals surface area contributed by atoms with Crippen molar-refractivity contribution < 1.29 is 19.4 Å². The molecule has 0 bridgehead atoms. The van der Waals surface area contributed by atoms with E-state index in [2.05, 4.69) is 0 Å². The number of hydrogen-bond acceptors (Lipinski definition) is 3. The fraction of sp³-hybridized carbons (Fsp3) is 0.500. The molecule has 7 heteroatoms. The minimum absolute atomic E-state index is 0.102. The SMILES string of the molecule is CC(CN(C(=O)C(C)Oc1cccc(Cl)c1Cl)C1CC1)C(=O)O. The molecule has 0 heterocycles. The van der Waals surface area contributed by atoms with Crippen LogP contribution in [0.25, 0.3) is 0 Å². The van der Waals surface area contributed by atoms with Gasteiger partial charge in [0.25, 0.3) is 5.91 Å². The van der Waals surface area contributed by atoms with Crippen LogP contribution in [-0.2, 0) is 9.59 Å². The van der Waals surface area contributed by atoms with Gasteiger partial charge in [0, 0.05) is 12.6 Å². The van der Waals surface area contributed by atoms with E-state index in [9.17, 15) is 9.59 Å². The zero-order valence-corrected chi connectivity index (χ0v) is 14.5. The van der Waals surface area contributed by atoms with Crippen LogP contribution in [0.15, 0.2) is 18.2 Å². The first kappa shape index (κ1) is 17.9. The molecule has 1 aliphatic rings. The molecule has 2 atom stereocenters. The molecule has 2 rings (SSSR count). The molecule has 1 amide bonds. The van der Waals surface area contributed by atoms with Crippen molar-refractivity contribution in [2.75, 3.05) is 6.54 Å². The highest BCUT2D eigenvalue weighted by Gasteiger charge is 2.37. The van der Waals surface area contributed by atoms with Crippen LogP contribution in [-0.4, -0.2) is 40.6 Å². The molecule has 5 nitrogen and oxygen atoms in total. The molecule has 0 aromatic heterocycles. The predicted molar refractivity (Wildman–Crippen MR) is 88.1 cm³/mol. The second-order valence-corrected chi connectivity index (χ2v) is 6.56. The van der Waals surface area contributed by atoms with E-state index in [1.54, 1.807) is 36.9 Å². The molecule has 0 spiro atoms. The summed E-state index contributed by atoms with van der Waals surface area (Å²) in [5.74, 6) is -1.45. The van der Waals surface area contributed by atoms with Crippen molar-refractivity contribution in [1.29, 1.82) is 0 Å². The Morgan fingerprint density at radius 1 is 1.35 bits per heavy atom. The summed E-state index contributed by atoms with van der Waals surface area (Å²) >= 11 is 12.0. The van der Waals surface area contributed by atoms with E-state index < -0.39 is 18.0 Å². The number of carboxylic acids is 1. The fourth-order valence-electron chi connectivity index (χ4n) is 2.23. The Morgan fingerprint density at radius 3 is 2.57 bits per heavy atom. The second kappa shape index (κ2) is 7.41. The third-order valence-corrected chi connectivity index (χ3v) is 4.53. The maximum Gasteiger partial charge on any atom is 0.308 e. The molecular formula is C16H19Cl2NO4. The first-order valence-electron chi connectivity index (χ1n) is 7.45. The summed E-state index contributed by atoms with van der Waals surface area (Å²) in [5.41, 5.74) is 0. The van der Waals surface area contributed by atoms with Crippen molar-refractivity contribution in [2.24, 2.45) is 5.92 Å². The van der Waals surface area contributed by atoms with Gasteiger partial charge in [0.2, 0.25) is 0 Å². The maximum absolute atomic E-state index is 12.6. The number of amides is 1. The molecule has 2 unspecified atom stereocenters. The summed E-state index contributed by atoms with van der Waals surface area (Å²) in [4.78, 5) is 25.3. The lowest BCUT2D eigenvalue weighted by Crippen LogP contribution is -2.45. The Hall–Kier alpha value is -1.46. The highest BCUT2D eigenvalue weighted by molar-refractivity contribution is 6.42. The fourth-order valence-corrected chi connectivity index (χ4v) is 2.56. The number of halogens is 2. The van der Waals surface area contributed by atoms with Crippen molar-refractivity contribution in [2.45, 2.75) is 38.8 Å². The third-order valence-electron chi connectivity index (χ3n) is 3.73. The van der Waals surface area contributed by atoms with E-state index in [1.807, 2.05) is 0 Å². The monoisotopic (exact) mass is 359 g/mol. The van der Waals surface area contributed by atoms with Gasteiger partial charge in [-0.15, -0.1) is 0 Å². The van der Waals surface area contributed by atoms with Crippen LogP contribution >= 0.6 is 23.2 Å². The number of carbonyl (C=O) groups is 2. The summed E-state index contributed by atoms with van der Waals surface area (Å²) in [5, 5.41) is 9.66. The van der Waals surface area contributed by atoms with Gasteiger partial charge < -0.3 is 14.7 Å².